The van der Waals surface area contributed by atoms with Crippen LogP contribution in [0.5, 0.6) is 0 Å². The fourth-order valence-electron chi connectivity index (χ4n) is 0.858. The van der Waals surface area contributed by atoms with E-state index >= 15 is 0 Å². The zero-order valence-electron chi connectivity index (χ0n) is 6.35. The van der Waals surface area contributed by atoms with Crippen molar-refractivity contribution in [3.05, 3.63) is 0 Å². The van der Waals surface area contributed by atoms with Gasteiger partial charge in [-0.15, -0.1) is 0 Å². The van der Waals surface area contributed by atoms with Crippen LogP contribution in [0.25, 0.3) is 0 Å². The fraction of sp³-hybridized carbons (Fsp3) is 1.00. The van der Waals surface area contributed by atoms with Crippen LogP contribution in [-0.2, 0) is 4.74 Å². The van der Waals surface area contributed by atoms with Gasteiger partial charge in [0.2, 0.25) is 0 Å². The summed E-state index contributed by atoms with van der Waals surface area (Å²) in [5.74, 6) is 0. The van der Waals surface area contributed by atoms with Crippen molar-refractivity contribution in [2.24, 2.45) is 5.73 Å². The summed E-state index contributed by atoms with van der Waals surface area (Å²) in [5.41, 5.74) is 5.61. The maximum absolute atomic E-state index is 11.5. The topological polar surface area (TPSA) is 35.2 Å². The van der Waals surface area contributed by atoms with Gasteiger partial charge >= 0.3 is 0 Å². The lowest BCUT2D eigenvalue weighted by atomic mass is 10.2. The van der Waals surface area contributed by atoms with E-state index < -0.39 is 13.0 Å². The molecule has 0 aromatic heterocycles. The zero-order valence-corrected chi connectivity index (χ0v) is 6.35. The molecule has 66 valence electrons. The van der Waals surface area contributed by atoms with E-state index in [0.717, 1.165) is 12.8 Å². The molecule has 0 radical (unpaired) electrons. The minimum atomic E-state index is -2.36. The number of halogens is 2. The molecule has 0 heterocycles. The number of hydrogen-bond acceptors (Lipinski definition) is 2. The summed E-state index contributed by atoms with van der Waals surface area (Å²) in [6.07, 6.45) is 0.360. The highest BCUT2D eigenvalue weighted by molar-refractivity contribution is 4.98. The van der Waals surface area contributed by atoms with Crippen LogP contribution in [0.15, 0.2) is 0 Å². The first-order chi connectivity index (χ1) is 5.12. The highest BCUT2D eigenvalue weighted by atomic mass is 19.3. The number of nitrogens with two attached hydrogens (primary N) is 1. The minimum Gasteiger partial charge on any atom is -0.375 e. The molecule has 0 saturated heterocycles. The first kappa shape index (κ1) is 8.87. The molecule has 0 unspecified atom stereocenters. The smallest absolute Gasteiger partial charge is 0.261 e. The zero-order chi connectivity index (χ0) is 8.32. The van der Waals surface area contributed by atoms with E-state index in [1.165, 1.54) is 0 Å². The van der Waals surface area contributed by atoms with Crippen molar-refractivity contribution in [2.75, 3.05) is 13.2 Å². The molecule has 1 fully saturated rings. The van der Waals surface area contributed by atoms with Crippen LogP contribution in [-0.4, -0.2) is 25.2 Å². The Hall–Kier alpha value is -0.220. The molecule has 2 N–H and O–H groups in total. The number of rotatable bonds is 5. The molecule has 1 aliphatic rings. The Bertz CT molecular complexity index is 126. The van der Waals surface area contributed by atoms with Crippen molar-refractivity contribution in [1.29, 1.82) is 0 Å². The molecule has 0 aromatic carbocycles. The van der Waals surface area contributed by atoms with Gasteiger partial charge in [0.05, 0.1) is 0 Å². The third kappa shape index (κ3) is 3.62. The molecule has 0 aromatic rings. The van der Waals surface area contributed by atoms with E-state index in [2.05, 4.69) is 4.74 Å². The molecule has 1 aliphatic carbocycles. The molecule has 1 saturated carbocycles. The van der Waals surface area contributed by atoms with Crippen LogP contribution < -0.4 is 5.73 Å². The van der Waals surface area contributed by atoms with Crippen LogP contribution in [0.1, 0.15) is 19.3 Å². The van der Waals surface area contributed by atoms with Crippen molar-refractivity contribution < 1.29 is 13.5 Å². The van der Waals surface area contributed by atoms with Gasteiger partial charge in [-0.2, -0.15) is 0 Å². The summed E-state index contributed by atoms with van der Waals surface area (Å²) in [5, 5.41) is 0. The van der Waals surface area contributed by atoms with Gasteiger partial charge in [-0.25, -0.2) is 8.78 Å². The van der Waals surface area contributed by atoms with Gasteiger partial charge < -0.3 is 10.5 Å². The summed E-state index contributed by atoms with van der Waals surface area (Å²) in [4.78, 5) is 0. The number of hydrogen-bond donors (Lipinski definition) is 1. The van der Waals surface area contributed by atoms with E-state index in [1.54, 1.807) is 0 Å². The molecular weight excluding hydrogens is 152 g/mol. The Balaban J connectivity index is 1.88. The highest BCUT2D eigenvalue weighted by Gasteiger charge is 2.37. The SMILES string of the molecule is NC1(CCOCC(F)F)CC1. The van der Waals surface area contributed by atoms with Crippen molar-refractivity contribution in [3.63, 3.8) is 0 Å². The van der Waals surface area contributed by atoms with Crippen LogP contribution in [0, 0.1) is 0 Å². The average Bonchev–Trinajstić information content (AvgIpc) is 2.62. The number of ether oxygens (including phenoxy) is 1. The Morgan fingerprint density at radius 1 is 1.45 bits per heavy atom. The predicted octanol–water partition coefficient (Wildman–Crippen LogP) is 1.15. The van der Waals surface area contributed by atoms with Gasteiger partial charge in [-0.05, 0) is 19.3 Å². The summed E-state index contributed by atoms with van der Waals surface area (Å²) in [7, 11) is 0. The average molecular weight is 165 g/mol. The standard InChI is InChI=1S/C7H13F2NO/c8-6(9)5-11-4-3-7(10)1-2-7/h6H,1-5,10H2. The maximum Gasteiger partial charge on any atom is 0.261 e. The van der Waals surface area contributed by atoms with Crippen LogP contribution >= 0.6 is 0 Å². The van der Waals surface area contributed by atoms with Crippen LogP contribution in [0.2, 0.25) is 0 Å². The van der Waals surface area contributed by atoms with E-state index in [4.69, 9.17) is 5.73 Å². The van der Waals surface area contributed by atoms with Gasteiger partial charge in [0.1, 0.15) is 6.61 Å². The van der Waals surface area contributed by atoms with Crippen LogP contribution in [0.3, 0.4) is 0 Å². The summed E-state index contributed by atoms with van der Waals surface area (Å²) in [6, 6.07) is 0. The summed E-state index contributed by atoms with van der Waals surface area (Å²) in [6.45, 7) is -0.100. The normalized spacial score (nSPS) is 20.7. The Labute approximate surface area is 64.7 Å². The minimum absolute atomic E-state index is 0.0812. The van der Waals surface area contributed by atoms with Gasteiger partial charge in [-0.3, -0.25) is 0 Å². The maximum atomic E-state index is 11.5. The molecule has 0 atom stereocenters. The highest BCUT2D eigenvalue weighted by Crippen LogP contribution is 2.35. The molecule has 0 spiro atoms. The monoisotopic (exact) mass is 165 g/mol. The van der Waals surface area contributed by atoms with Gasteiger partial charge in [0, 0.05) is 12.1 Å². The van der Waals surface area contributed by atoms with Gasteiger partial charge in [-0.1, -0.05) is 0 Å². The van der Waals surface area contributed by atoms with E-state index in [-0.39, 0.29) is 5.54 Å². The molecule has 0 amide bonds. The second-order valence-corrected chi connectivity index (χ2v) is 3.08. The Kier molecular flexibility index (Phi) is 2.78. The first-order valence-electron chi connectivity index (χ1n) is 3.77. The third-order valence-electron chi connectivity index (χ3n) is 1.88. The Morgan fingerprint density at radius 3 is 2.55 bits per heavy atom. The summed E-state index contributed by atoms with van der Waals surface area (Å²) >= 11 is 0. The molecule has 2 nitrogen and oxygen atoms in total. The van der Waals surface area contributed by atoms with Crippen molar-refractivity contribution in [1.82, 2.24) is 0 Å². The van der Waals surface area contributed by atoms with Crippen LogP contribution in [0.4, 0.5) is 8.78 Å². The number of alkyl halides is 2. The lowest BCUT2D eigenvalue weighted by molar-refractivity contribution is 0.0146. The predicted molar refractivity (Wildman–Crippen MR) is 37.6 cm³/mol. The molecule has 4 heteroatoms. The van der Waals surface area contributed by atoms with Crippen molar-refractivity contribution >= 4 is 0 Å². The molecule has 0 aliphatic heterocycles. The Morgan fingerprint density at radius 2 is 2.09 bits per heavy atom. The summed E-state index contributed by atoms with van der Waals surface area (Å²) < 4.78 is 27.7. The fourth-order valence-corrected chi connectivity index (χ4v) is 0.858. The van der Waals surface area contributed by atoms with E-state index in [9.17, 15) is 8.78 Å². The molecule has 11 heavy (non-hydrogen) atoms. The second kappa shape index (κ2) is 3.45. The van der Waals surface area contributed by atoms with Crippen molar-refractivity contribution in [3.8, 4) is 0 Å². The van der Waals surface area contributed by atoms with Crippen molar-refractivity contribution in [2.45, 2.75) is 31.2 Å². The molecule has 1 rings (SSSR count). The first-order valence-corrected chi connectivity index (χ1v) is 3.77. The largest absolute Gasteiger partial charge is 0.375 e. The van der Waals surface area contributed by atoms with E-state index in [0.29, 0.717) is 13.0 Å². The van der Waals surface area contributed by atoms with Gasteiger partial charge in [0.25, 0.3) is 6.43 Å². The van der Waals surface area contributed by atoms with E-state index in [1.807, 2.05) is 0 Å². The lowest BCUT2D eigenvalue weighted by Crippen LogP contribution is -2.24. The molecule has 0 bridgehead atoms. The van der Waals surface area contributed by atoms with Gasteiger partial charge in [0.15, 0.2) is 0 Å². The lowest BCUT2D eigenvalue weighted by Gasteiger charge is -2.07. The third-order valence-corrected chi connectivity index (χ3v) is 1.88. The second-order valence-electron chi connectivity index (χ2n) is 3.08. The quantitative estimate of drug-likeness (QED) is 0.620. The molecular formula is C7H13F2NO.